The smallest absolute Gasteiger partial charge is 0.234 e. The molecule has 0 radical (unpaired) electrons. The van der Waals surface area contributed by atoms with Crippen molar-refractivity contribution >= 4 is 5.91 Å². The van der Waals surface area contributed by atoms with Gasteiger partial charge in [-0.3, -0.25) is 9.69 Å². The predicted molar refractivity (Wildman–Crippen MR) is 90.6 cm³/mol. The molecular formula is C18H27N3O2. The van der Waals surface area contributed by atoms with Crippen molar-refractivity contribution in [1.29, 1.82) is 0 Å². The zero-order valence-corrected chi connectivity index (χ0v) is 13.9. The first-order chi connectivity index (χ1) is 11.3. The van der Waals surface area contributed by atoms with Gasteiger partial charge in [0.1, 0.15) is 5.75 Å². The van der Waals surface area contributed by atoms with Gasteiger partial charge in [0.05, 0.1) is 19.7 Å². The molecule has 1 saturated heterocycles. The Morgan fingerprint density at radius 1 is 1.35 bits per heavy atom. The summed E-state index contributed by atoms with van der Waals surface area (Å²) >= 11 is 0. The topological polar surface area (TPSA) is 53.6 Å². The van der Waals surface area contributed by atoms with Crippen molar-refractivity contribution in [2.45, 2.75) is 37.8 Å². The van der Waals surface area contributed by atoms with Crippen LogP contribution in [0, 0.1) is 0 Å². The summed E-state index contributed by atoms with van der Waals surface area (Å²) in [4.78, 5) is 14.7. The van der Waals surface area contributed by atoms with Crippen molar-refractivity contribution in [3.05, 3.63) is 29.8 Å². The summed E-state index contributed by atoms with van der Waals surface area (Å²) < 4.78 is 5.50. The number of hydrogen-bond acceptors (Lipinski definition) is 4. The summed E-state index contributed by atoms with van der Waals surface area (Å²) in [5.41, 5.74) is 1.15. The van der Waals surface area contributed by atoms with Crippen LogP contribution in [0.4, 0.5) is 0 Å². The number of nitrogens with one attached hydrogen (secondary N) is 2. The first kappa shape index (κ1) is 16.3. The highest BCUT2D eigenvalue weighted by Gasteiger charge is 2.28. The zero-order chi connectivity index (χ0) is 16.1. The summed E-state index contributed by atoms with van der Waals surface area (Å²) in [6.07, 6.45) is 4.73. The molecule has 2 fully saturated rings. The van der Waals surface area contributed by atoms with Gasteiger partial charge in [-0.25, -0.2) is 0 Å². The van der Waals surface area contributed by atoms with Crippen molar-refractivity contribution in [2.24, 2.45) is 0 Å². The largest absolute Gasteiger partial charge is 0.496 e. The third kappa shape index (κ3) is 4.03. The van der Waals surface area contributed by atoms with Gasteiger partial charge in [-0.05, 0) is 18.9 Å². The number of piperazine rings is 1. The Balaban J connectivity index is 1.67. The maximum Gasteiger partial charge on any atom is 0.234 e. The molecule has 126 valence electrons. The van der Waals surface area contributed by atoms with Crippen LogP contribution < -0.4 is 15.4 Å². The van der Waals surface area contributed by atoms with Crippen LogP contribution in [-0.2, 0) is 4.79 Å². The summed E-state index contributed by atoms with van der Waals surface area (Å²) in [5, 5.41) is 6.63. The standard InChI is InChI=1S/C18H27N3O2/c1-23-17-9-5-4-8-15(17)16-12-19-10-11-21(16)13-18(22)20-14-6-2-3-7-14/h4-5,8-9,14,16,19H,2-3,6-7,10-13H2,1H3,(H,20,22). The molecule has 1 unspecified atom stereocenters. The zero-order valence-electron chi connectivity index (χ0n) is 13.9. The van der Waals surface area contributed by atoms with Crippen molar-refractivity contribution in [1.82, 2.24) is 15.5 Å². The number of rotatable bonds is 5. The number of carbonyl (C=O) groups excluding carboxylic acids is 1. The van der Waals surface area contributed by atoms with Crippen LogP contribution >= 0.6 is 0 Å². The van der Waals surface area contributed by atoms with Crippen LogP contribution in [0.15, 0.2) is 24.3 Å². The molecule has 0 spiro atoms. The quantitative estimate of drug-likeness (QED) is 0.868. The summed E-state index contributed by atoms with van der Waals surface area (Å²) in [7, 11) is 1.70. The molecule has 23 heavy (non-hydrogen) atoms. The lowest BCUT2D eigenvalue weighted by atomic mass is 10.0. The number of hydrogen-bond donors (Lipinski definition) is 2. The van der Waals surface area contributed by atoms with Gasteiger partial charge in [0.25, 0.3) is 0 Å². The lowest BCUT2D eigenvalue weighted by Crippen LogP contribution is -2.50. The SMILES string of the molecule is COc1ccccc1C1CNCCN1CC(=O)NC1CCCC1. The summed E-state index contributed by atoms with van der Waals surface area (Å²) in [6.45, 7) is 3.10. The molecule has 1 amide bonds. The minimum Gasteiger partial charge on any atom is -0.496 e. The van der Waals surface area contributed by atoms with E-state index in [-0.39, 0.29) is 11.9 Å². The van der Waals surface area contributed by atoms with Crippen LogP contribution in [0.25, 0.3) is 0 Å². The Morgan fingerprint density at radius 2 is 2.13 bits per heavy atom. The maximum absolute atomic E-state index is 12.4. The van der Waals surface area contributed by atoms with Crippen molar-refractivity contribution in [3.8, 4) is 5.75 Å². The molecule has 0 bridgehead atoms. The molecule has 2 aliphatic rings. The first-order valence-electron chi connectivity index (χ1n) is 8.65. The van der Waals surface area contributed by atoms with Gasteiger partial charge in [0.15, 0.2) is 0 Å². The fraction of sp³-hybridized carbons (Fsp3) is 0.611. The number of ether oxygens (including phenoxy) is 1. The Kier molecular flexibility index (Phi) is 5.51. The third-order valence-corrected chi connectivity index (χ3v) is 4.92. The highest BCUT2D eigenvalue weighted by Crippen LogP contribution is 2.30. The fourth-order valence-electron chi connectivity index (χ4n) is 3.71. The lowest BCUT2D eigenvalue weighted by Gasteiger charge is -2.36. The highest BCUT2D eigenvalue weighted by molar-refractivity contribution is 5.78. The van der Waals surface area contributed by atoms with Crippen LogP contribution in [0.3, 0.4) is 0 Å². The Hall–Kier alpha value is -1.59. The maximum atomic E-state index is 12.4. The molecule has 1 aromatic rings. The Labute approximate surface area is 138 Å². The molecule has 1 atom stereocenters. The molecule has 5 nitrogen and oxygen atoms in total. The monoisotopic (exact) mass is 317 g/mol. The second-order valence-corrected chi connectivity index (χ2v) is 6.48. The highest BCUT2D eigenvalue weighted by atomic mass is 16.5. The molecule has 0 aromatic heterocycles. The fourth-order valence-corrected chi connectivity index (χ4v) is 3.71. The van der Waals surface area contributed by atoms with E-state index in [2.05, 4.69) is 21.6 Å². The van der Waals surface area contributed by atoms with Gasteiger partial charge in [0.2, 0.25) is 5.91 Å². The van der Waals surface area contributed by atoms with E-state index in [4.69, 9.17) is 4.74 Å². The van der Waals surface area contributed by atoms with E-state index in [0.29, 0.717) is 12.6 Å². The second-order valence-electron chi connectivity index (χ2n) is 6.48. The predicted octanol–water partition coefficient (Wildman–Crippen LogP) is 1.70. The Bertz CT molecular complexity index is 529. The van der Waals surface area contributed by atoms with Gasteiger partial charge >= 0.3 is 0 Å². The number of nitrogens with zero attached hydrogens (tertiary/aromatic N) is 1. The number of methoxy groups -OCH3 is 1. The van der Waals surface area contributed by atoms with E-state index < -0.39 is 0 Å². The van der Waals surface area contributed by atoms with Crippen LogP contribution in [0.2, 0.25) is 0 Å². The molecule has 3 rings (SSSR count). The van der Waals surface area contributed by atoms with E-state index in [9.17, 15) is 4.79 Å². The lowest BCUT2D eigenvalue weighted by molar-refractivity contribution is -0.123. The average molecular weight is 317 g/mol. The normalized spacial score (nSPS) is 22.9. The number of amides is 1. The average Bonchev–Trinajstić information content (AvgIpc) is 3.08. The van der Waals surface area contributed by atoms with Gasteiger partial charge in [-0.1, -0.05) is 31.0 Å². The number of para-hydroxylation sites is 1. The van der Waals surface area contributed by atoms with Crippen molar-refractivity contribution < 1.29 is 9.53 Å². The van der Waals surface area contributed by atoms with Gasteiger partial charge < -0.3 is 15.4 Å². The summed E-state index contributed by atoms with van der Waals surface area (Å²) in [5.74, 6) is 1.04. The van der Waals surface area contributed by atoms with E-state index >= 15 is 0 Å². The molecule has 1 saturated carbocycles. The van der Waals surface area contributed by atoms with E-state index in [1.807, 2.05) is 18.2 Å². The van der Waals surface area contributed by atoms with Gasteiger partial charge in [-0.15, -0.1) is 0 Å². The Morgan fingerprint density at radius 3 is 2.91 bits per heavy atom. The minimum atomic E-state index is 0.152. The number of benzene rings is 1. The molecule has 5 heteroatoms. The van der Waals surface area contributed by atoms with Crippen LogP contribution in [-0.4, -0.2) is 50.1 Å². The minimum absolute atomic E-state index is 0.152. The second kappa shape index (κ2) is 7.79. The van der Waals surface area contributed by atoms with E-state index in [1.165, 1.54) is 12.8 Å². The molecule has 2 N–H and O–H groups in total. The number of carbonyl (C=O) groups is 1. The molecule has 1 aliphatic heterocycles. The van der Waals surface area contributed by atoms with Gasteiger partial charge in [-0.2, -0.15) is 0 Å². The van der Waals surface area contributed by atoms with Crippen LogP contribution in [0.1, 0.15) is 37.3 Å². The first-order valence-corrected chi connectivity index (χ1v) is 8.65. The molecule has 1 aliphatic carbocycles. The summed E-state index contributed by atoms with van der Waals surface area (Å²) in [6, 6.07) is 8.65. The molecule has 1 aromatic carbocycles. The van der Waals surface area contributed by atoms with E-state index in [0.717, 1.165) is 43.8 Å². The van der Waals surface area contributed by atoms with E-state index in [1.54, 1.807) is 7.11 Å². The molecule has 1 heterocycles. The van der Waals surface area contributed by atoms with Gasteiger partial charge in [0, 0.05) is 31.2 Å². The molecular weight excluding hydrogens is 290 g/mol. The third-order valence-electron chi connectivity index (χ3n) is 4.92. The van der Waals surface area contributed by atoms with Crippen molar-refractivity contribution in [2.75, 3.05) is 33.3 Å². The van der Waals surface area contributed by atoms with Crippen molar-refractivity contribution in [3.63, 3.8) is 0 Å². The van der Waals surface area contributed by atoms with Crippen LogP contribution in [0.5, 0.6) is 5.75 Å².